The molecule has 0 saturated carbocycles. The van der Waals surface area contributed by atoms with Gasteiger partial charge in [-0.05, 0) is 256 Å². The van der Waals surface area contributed by atoms with E-state index in [0.717, 1.165) is 59.1 Å². The maximum atomic E-state index is 13.5. The zero-order valence-corrected chi connectivity index (χ0v) is 77.8. The van der Waals surface area contributed by atoms with Gasteiger partial charge in [-0.1, -0.05) is 120 Å². The number of hydrogen-bond donors (Lipinski definition) is 12. The number of halogens is 4. The van der Waals surface area contributed by atoms with E-state index in [4.69, 9.17) is 2.74 Å². The number of benzene rings is 6. The molecule has 0 radical (unpaired) electrons. The summed E-state index contributed by atoms with van der Waals surface area (Å²) < 4.78 is 76.9. The summed E-state index contributed by atoms with van der Waals surface area (Å²) in [4.78, 5) is 164. The van der Waals surface area contributed by atoms with Crippen molar-refractivity contribution in [1.82, 2.24) is 57.3 Å². The van der Waals surface area contributed by atoms with Gasteiger partial charge in [-0.2, -0.15) is 0 Å². The van der Waals surface area contributed by atoms with Crippen LogP contribution in [0.15, 0.2) is 191 Å². The van der Waals surface area contributed by atoms with Crippen LogP contribution in [0.25, 0.3) is 0 Å². The van der Waals surface area contributed by atoms with Gasteiger partial charge in [0, 0.05) is 39.5 Å². The lowest BCUT2D eigenvalue weighted by molar-refractivity contribution is 0.503. The second kappa shape index (κ2) is 41.8. The lowest BCUT2D eigenvalue weighted by Crippen LogP contribution is -2.41. The van der Waals surface area contributed by atoms with Crippen LogP contribution < -0.4 is 99.4 Å². The number of aromatic amines is 6. The zero-order chi connectivity index (χ0) is 98.5. The summed E-state index contributed by atoms with van der Waals surface area (Å²) in [5.74, 6) is -1.22. The van der Waals surface area contributed by atoms with Gasteiger partial charge in [0.05, 0.1) is 69.6 Å². The second-order valence-electron chi connectivity index (χ2n) is 36.0. The van der Waals surface area contributed by atoms with Crippen LogP contribution in [0.5, 0.6) is 0 Å². The molecule has 6 aromatic heterocycles. The minimum Gasteiger partial charge on any atom is -0.364 e. The Hall–Kier alpha value is -14.1. The average molecular weight is 1840 g/mol. The van der Waals surface area contributed by atoms with Gasteiger partial charge < -0.3 is 31.9 Å². The first-order valence-electron chi connectivity index (χ1n) is 46.5. The number of anilines is 6. The fourth-order valence-electron chi connectivity index (χ4n) is 18.1. The Kier molecular flexibility index (Phi) is 29.5. The van der Waals surface area contributed by atoms with E-state index in [2.05, 4.69) is 150 Å². The van der Waals surface area contributed by atoms with E-state index in [1.54, 1.807) is 20.8 Å². The molecule has 0 saturated heterocycles. The van der Waals surface area contributed by atoms with Gasteiger partial charge in [0.25, 0.3) is 33.4 Å². The maximum Gasteiger partial charge on any atom is 0.330 e. The quantitative estimate of drug-likeness (QED) is 0.0506. The van der Waals surface area contributed by atoms with Crippen molar-refractivity contribution in [1.29, 1.82) is 0 Å². The molecular formula is C100H118F4N18O12. The molecule has 12 aromatic rings. The van der Waals surface area contributed by atoms with E-state index in [9.17, 15) is 75.1 Å². The lowest BCUT2D eigenvalue weighted by Gasteiger charge is -2.28. The summed E-state index contributed by atoms with van der Waals surface area (Å²) in [6, 6.07) is 38.4. The average Bonchev–Trinajstić information content (AvgIpc) is 0.817. The fraction of sp³-hybridized carbons (Fsp3) is 0.400. The molecule has 6 aliphatic rings. The highest BCUT2D eigenvalue weighted by Crippen LogP contribution is 2.37. The van der Waals surface area contributed by atoms with Crippen molar-refractivity contribution in [3.63, 3.8) is 0 Å². The number of rotatable bonds is 12. The molecule has 0 amide bonds. The Bertz CT molecular complexity index is 7020. The van der Waals surface area contributed by atoms with Crippen LogP contribution in [0, 0.1) is 51.0 Å². The number of nitrogens with zero attached hydrogens (tertiary/aromatic N) is 6. The van der Waals surface area contributed by atoms with E-state index < -0.39 is 58.7 Å². The van der Waals surface area contributed by atoms with E-state index in [1.165, 1.54) is 74.9 Å². The number of aromatic nitrogens is 12. The van der Waals surface area contributed by atoms with E-state index in [0.29, 0.717) is 120 Å². The SMILES string of the molecule is CCn1c(=O)[nH]c2c(c1=O)CCC[C@@H](c1ccc(F)c(F)c1)N2.Cc1cccc([C@@H]2CCc3c([nH]c(=O)n(C(C)C)c3=O)N2)c1.Cc1cccc([C@H]2CCc3c([nH]c(=O)n(C(C)C)c3=O)N2)c1.Cc1ccccc1[C@@H]1CCc2c([nH]c(=O)n(C(C)C)c2=O)N1.Cc1ccccc1[C@H]1CCc2c([nH]c(=O)n(C(C)C)c2=O)N1.[2H]C1([2H])C[C@H](c2ccc(F)c(F)c2)Nc2[nH]c(=O)n(C(C)C)c(=O)c21. The third-order valence-corrected chi connectivity index (χ3v) is 25.0. The first-order chi connectivity index (χ1) is 64.5. The highest BCUT2D eigenvalue weighted by Gasteiger charge is 2.33. The van der Waals surface area contributed by atoms with Crippen molar-refractivity contribution in [2.45, 2.75) is 260 Å². The first-order valence-corrected chi connectivity index (χ1v) is 45.5. The monoisotopic (exact) mass is 1840 g/mol. The van der Waals surface area contributed by atoms with Gasteiger partial charge in [0.1, 0.15) is 34.9 Å². The summed E-state index contributed by atoms with van der Waals surface area (Å²) in [6.45, 7) is 28.3. The lowest BCUT2D eigenvalue weighted by atomic mass is 9.93. The number of fused-ring (bicyclic) bond motifs is 6. The minimum atomic E-state index is -2.05. The molecule has 34 heteroatoms. The molecule has 0 unspecified atom stereocenters. The van der Waals surface area contributed by atoms with Crippen LogP contribution in [0.4, 0.5) is 52.5 Å². The maximum absolute atomic E-state index is 13.5. The van der Waals surface area contributed by atoms with Crippen LogP contribution in [-0.2, 0) is 45.0 Å². The van der Waals surface area contributed by atoms with Gasteiger partial charge in [-0.25, -0.2) is 46.3 Å². The minimum absolute atomic E-state index is 0.0297. The highest BCUT2D eigenvalue weighted by atomic mass is 19.2. The molecule has 0 bridgehead atoms. The summed E-state index contributed by atoms with van der Waals surface area (Å²) in [7, 11) is 0. The molecule has 18 rings (SSSR count). The van der Waals surface area contributed by atoms with E-state index in [-0.39, 0.29) is 123 Å². The number of nitrogens with one attached hydrogen (secondary N) is 12. The van der Waals surface area contributed by atoms with Crippen molar-refractivity contribution in [3.8, 4) is 0 Å². The summed E-state index contributed by atoms with van der Waals surface area (Å²) in [5.41, 5.74) is 9.33. The number of aryl methyl sites for hydroxylation is 4. The molecule has 12 heterocycles. The summed E-state index contributed by atoms with van der Waals surface area (Å²) >= 11 is 0. The molecule has 134 heavy (non-hydrogen) atoms. The van der Waals surface area contributed by atoms with Crippen LogP contribution in [-0.4, -0.2) is 57.3 Å². The zero-order valence-electron chi connectivity index (χ0n) is 79.8. The molecule has 30 nitrogen and oxygen atoms in total. The smallest absolute Gasteiger partial charge is 0.330 e. The molecule has 6 aliphatic heterocycles. The van der Waals surface area contributed by atoms with Crippen molar-refractivity contribution in [2.75, 3.05) is 31.9 Å². The van der Waals surface area contributed by atoms with Crippen molar-refractivity contribution < 1.29 is 20.3 Å². The van der Waals surface area contributed by atoms with Crippen molar-refractivity contribution >= 4 is 34.9 Å². The first kappa shape index (κ1) is 94.6. The third kappa shape index (κ3) is 21.3. The van der Waals surface area contributed by atoms with Crippen LogP contribution in [0.2, 0.25) is 0 Å². The van der Waals surface area contributed by atoms with Gasteiger partial charge in [0.15, 0.2) is 23.3 Å². The summed E-state index contributed by atoms with van der Waals surface area (Å²) in [6.07, 6.45) is 5.72. The molecule has 6 atom stereocenters. The molecule has 12 N–H and O–H groups in total. The fourth-order valence-corrected chi connectivity index (χ4v) is 18.1. The molecule has 6 aromatic carbocycles. The van der Waals surface area contributed by atoms with Gasteiger partial charge in [-0.3, -0.25) is 86.1 Å². The Morgan fingerprint density at radius 2 is 0.590 bits per heavy atom. The van der Waals surface area contributed by atoms with E-state index in [1.807, 2.05) is 91.8 Å². The van der Waals surface area contributed by atoms with Crippen molar-refractivity contribution in [2.24, 2.45) is 0 Å². The molecule has 708 valence electrons. The second-order valence-corrected chi connectivity index (χ2v) is 36.0. The predicted molar refractivity (Wildman–Crippen MR) is 516 cm³/mol. The normalized spacial score (nSPS) is 17.8. The molecule has 0 spiro atoms. The molecular weight excluding hydrogens is 1720 g/mol. The molecule has 0 aliphatic carbocycles. The molecule has 0 fully saturated rings. The summed E-state index contributed by atoms with van der Waals surface area (Å²) in [5, 5.41) is 19.3. The van der Waals surface area contributed by atoms with Gasteiger partial charge in [0.2, 0.25) is 0 Å². The largest absolute Gasteiger partial charge is 0.364 e. The van der Waals surface area contributed by atoms with Crippen LogP contribution in [0.3, 0.4) is 0 Å². The van der Waals surface area contributed by atoms with Crippen LogP contribution >= 0.6 is 0 Å². The highest BCUT2D eigenvalue weighted by molar-refractivity contribution is 5.54. The predicted octanol–water partition coefficient (Wildman–Crippen LogP) is 14.9. The third-order valence-electron chi connectivity index (χ3n) is 25.0. The Morgan fingerprint density at radius 1 is 0.306 bits per heavy atom. The Balaban J connectivity index is 0.000000138. The Morgan fingerprint density at radius 3 is 0.910 bits per heavy atom. The standard InChI is InChI=1S/4C17H21N3O2.2C16H17F2N3O2/c2*1-10(2)20-16(21)13-7-8-14(18-15(13)19-17(20)22)12-6-4-5-11(3)9-12;2*1-10(2)20-16(21)13-8-9-14(18-15(13)19-17(20)22)12-7-5-4-6-11(12)3;1-8(2)21-15(22)10-4-6-13(19-14(10)20-16(21)23)9-3-5-11(17)12(18)7-9;1-2-21-15(22)10-4-3-5-13(19-14(10)20-16(21)23)9-6-7-11(17)12(18)8-9/h2*4-6,9-10,14,18H,7-8H2,1-3H3,(H,19,22);2*4-7,10,14,18H,8-9H2,1-3H3,(H,19,22);3,5,7-8,13,19H,4,6H2,1-2H3,(H,20,23);6-8,13,19H,2-5H2,1H3,(H,20,23)/t4*14-;2*13-/m101010/s1/i;;;;4D2;. The Labute approximate surface area is 771 Å². The number of hydrogen-bond acceptors (Lipinski definition) is 18. The topological polar surface area (TPSA) is 401 Å². The van der Waals surface area contributed by atoms with Gasteiger partial charge >= 0.3 is 34.1 Å². The van der Waals surface area contributed by atoms with Crippen LogP contribution in [0.1, 0.15) is 279 Å². The van der Waals surface area contributed by atoms with Crippen molar-refractivity contribution in [3.05, 3.63) is 371 Å². The van der Waals surface area contributed by atoms with E-state index >= 15 is 0 Å². The number of H-pyrrole nitrogens is 6. The van der Waals surface area contributed by atoms with Gasteiger partial charge in [-0.15, -0.1) is 0 Å².